The zero-order valence-corrected chi connectivity index (χ0v) is 23.3. The van der Waals surface area contributed by atoms with E-state index in [2.05, 4.69) is 15.3 Å². The van der Waals surface area contributed by atoms with Crippen LogP contribution in [0, 0.1) is 17.3 Å². The number of benzene rings is 2. The van der Waals surface area contributed by atoms with E-state index in [4.69, 9.17) is 0 Å². The van der Waals surface area contributed by atoms with Crippen molar-refractivity contribution in [2.75, 3.05) is 16.3 Å². The van der Waals surface area contributed by atoms with E-state index in [-0.39, 0.29) is 40.9 Å². The highest BCUT2D eigenvalue weighted by Gasteiger charge is 2.68. The normalized spacial score (nSPS) is 23.6. The van der Waals surface area contributed by atoms with Crippen LogP contribution in [-0.4, -0.2) is 49.2 Å². The molecular formula is C27H31F3N4O5S. The largest absolute Gasteiger partial charge is 0.517 e. The Morgan fingerprint density at radius 1 is 1.18 bits per heavy atom. The van der Waals surface area contributed by atoms with Crippen LogP contribution in [-0.2, 0) is 26.1 Å². The van der Waals surface area contributed by atoms with Gasteiger partial charge in [0, 0.05) is 18.0 Å². The molecule has 2 aromatic carbocycles. The van der Waals surface area contributed by atoms with Crippen molar-refractivity contribution in [2.45, 2.75) is 52.2 Å². The van der Waals surface area contributed by atoms with Gasteiger partial charge in [-0.3, -0.25) is 10.2 Å². The third kappa shape index (κ3) is 5.02. The Morgan fingerprint density at radius 2 is 1.80 bits per heavy atom. The van der Waals surface area contributed by atoms with E-state index in [1.165, 1.54) is 30.0 Å². The fourth-order valence-corrected chi connectivity index (χ4v) is 6.38. The van der Waals surface area contributed by atoms with Gasteiger partial charge in [-0.25, -0.2) is 4.79 Å². The molecule has 1 aliphatic heterocycles. The fourth-order valence-electron chi connectivity index (χ4n) is 5.49. The number of hydrazone groups is 1. The van der Waals surface area contributed by atoms with E-state index in [1.807, 2.05) is 39.0 Å². The molecule has 2 aromatic rings. The number of piperidine rings is 1. The third-order valence-corrected chi connectivity index (χ3v) is 9.07. The average Bonchev–Trinajstić information content (AvgIpc) is 3.65. The second-order valence-corrected chi connectivity index (χ2v) is 11.9. The van der Waals surface area contributed by atoms with Crippen molar-refractivity contribution < 1.29 is 35.9 Å². The Balaban J connectivity index is 1.74. The molecule has 1 heterocycles. The van der Waals surface area contributed by atoms with Gasteiger partial charge in [0.2, 0.25) is 0 Å². The van der Waals surface area contributed by atoms with Crippen molar-refractivity contribution in [3.63, 3.8) is 0 Å². The lowest BCUT2D eigenvalue weighted by molar-refractivity contribution is -0.129. The smallest absolute Gasteiger partial charge is 0.449 e. The van der Waals surface area contributed by atoms with Crippen molar-refractivity contribution >= 4 is 39.1 Å². The summed E-state index contributed by atoms with van der Waals surface area (Å²) in [6.07, 6.45) is -0.997. The molecule has 2 fully saturated rings. The lowest BCUT2D eigenvalue weighted by atomic mass is 9.79. The number of rotatable bonds is 8. The molecular weight excluding hydrogens is 549 g/mol. The van der Waals surface area contributed by atoms with Gasteiger partial charge < -0.3 is 9.64 Å². The number of nitrogens with zero attached hydrogens (tertiary/aromatic N) is 3. The lowest BCUT2D eigenvalue weighted by Crippen LogP contribution is -2.53. The van der Waals surface area contributed by atoms with Crippen LogP contribution in [0.5, 0.6) is 0 Å². The summed E-state index contributed by atoms with van der Waals surface area (Å²) in [7, 11) is -6.16. The molecule has 2 aliphatic rings. The van der Waals surface area contributed by atoms with Gasteiger partial charge in [-0.15, -0.1) is 0 Å². The van der Waals surface area contributed by atoms with Crippen LogP contribution in [0.4, 0.5) is 29.3 Å². The zero-order valence-electron chi connectivity index (χ0n) is 22.5. The van der Waals surface area contributed by atoms with Crippen LogP contribution >= 0.6 is 0 Å². The number of para-hydroxylation sites is 2. The van der Waals surface area contributed by atoms with Gasteiger partial charge in [-0.05, 0) is 55.9 Å². The number of fused-ring (bicyclic) bond motifs is 1. The molecule has 1 N–H and O–H groups in total. The monoisotopic (exact) mass is 580 g/mol. The number of alkyl halides is 3. The van der Waals surface area contributed by atoms with E-state index in [9.17, 15) is 31.2 Å². The van der Waals surface area contributed by atoms with Crippen molar-refractivity contribution in [1.82, 2.24) is 4.90 Å². The standard InChI is InChI=1S/C27H31F3N4O5S/c1-5-39-25(36)34(40(37,38)27(28,29)30)22-14-10-9-11-19(22)16-33-18(4)21-15-26(21,17(2)3)23(24(33)35)32-31-20-12-7-6-8-13-20/h6-14,17-18,21,31H,5,15-16H2,1-4H3/b32-23+/t18-,21+,26+/m1/s1. The van der Waals surface area contributed by atoms with Crippen molar-refractivity contribution in [2.24, 2.45) is 22.4 Å². The molecule has 1 aliphatic carbocycles. The molecule has 2 amide bonds. The molecule has 0 bridgehead atoms. The Kier molecular flexibility index (Phi) is 7.90. The topological polar surface area (TPSA) is 108 Å². The van der Waals surface area contributed by atoms with Crippen molar-refractivity contribution in [1.29, 1.82) is 0 Å². The lowest BCUT2D eigenvalue weighted by Gasteiger charge is -2.39. The van der Waals surface area contributed by atoms with E-state index < -0.39 is 38.6 Å². The maximum absolute atomic E-state index is 13.9. The van der Waals surface area contributed by atoms with Crippen LogP contribution in [0.3, 0.4) is 0 Å². The summed E-state index contributed by atoms with van der Waals surface area (Å²) in [5.74, 6) is -0.297. The van der Waals surface area contributed by atoms with E-state index >= 15 is 0 Å². The first-order chi connectivity index (χ1) is 18.8. The Bertz CT molecular complexity index is 1410. The van der Waals surface area contributed by atoms with E-state index in [0.717, 1.165) is 6.07 Å². The predicted molar refractivity (Wildman–Crippen MR) is 144 cm³/mol. The molecule has 4 rings (SSSR count). The Hall–Kier alpha value is -3.61. The number of amides is 2. The second-order valence-electron chi connectivity index (χ2n) is 10.2. The van der Waals surface area contributed by atoms with Gasteiger partial charge in [0.15, 0.2) is 0 Å². The third-order valence-electron chi connectivity index (χ3n) is 7.66. The number of halogens is 3. The molecule has 0 aromatic heterocycles. The molecule has 216 valence electrons. The first-order valence-corrected chi connectivity index (χ1v) is 14.3. The number of hydrogen-bond donors (Lipinski definition) is 1. The van der Waals surface area contributed by atoms with Gasteiger partial charge in [-0.1, -0.05) is 50.2 Å². The summed E-state index contributed by atoms with van der Waals surface area (Å²) in [5.41, 5.74) is -2.83. The number of anilines is 2. The van der Waals surface area contributed by atoms with Gasteiger partial charge in [0.05, 0.1) is 18.0 Å². The molecule has 0 unspecified atom stereocenters. The summed E-state index contributed by atoms with van der Waals surface area (Å²) < 4.78 is 70.1. The predicted octanol–water partition coefficient (Wildman–Crippen LogP) is 5.36. The maximum Gasteiger partial charge on any atom is 0.517 e. The van der Waals surface area contributed by atoms with Crippen LogP contribution in [0.1, 0.15) is 39.7 Å². The maximum atomic E-state index is 13.9. The van der Waals surface area contributed by atoms with Gasteiger partial charge in [-0.2, -0.15) is 31.0 Å². The highest BCUT2D eigenvalue weighted by molar-refractivity contribution is 7.94. The molecule has 1 saturated heterocycles. The number of ether oxygens (including phenoxy) is 1. The number of nitrogens with one attached hydrogen (secondary N) is 1. The molecule has 0 spiro atoms. The number of likely N-dealkylation sites (tertiary alicyclic amines) is 1. The second kappa shape index (κ2) is 10.8. The minimum absolute atomic E-state index is 0.0247. The molecule has 3 atom stereocenters. The first-order valence-electron chi connectivity index (χ1n) is 12.8. The SMILES string of the molecule is CCOC(=O)N(c1ccccc1CN1C(=O)/C(=N\Nc2ccccc2)[C@]2(C(C)C)C[C@H]2[C@H]1C)S(=O)(=O)C(F)(F)F. The average molecular weight is 581 g/mol. The van der Waals surface area contributed by atoms with Crippen LogP contribution < -0.4 is 9.73 Å². The summed E-state index contributed by atoms with van der Waals surface area (Å²) in [4.78, 5) is 28.0. The minimum atomic E-state index is -6.16. The first kappa shape index (κ1) is 29.4. The molecule has 9 nitrogen and oxygen atoms in total. The van der Waals surface area contributed by atoms with Gasteiger partial charge in [0.1, 0.15) is 5.71 Å². The van der Waals surface area contributed by atoms with Crippen LogP contribution in [0.15, 0.2) is 59.7 Å². The highest BCUT2D eigenvalue weighted by atomic mass is 32.2. The number of hydrogen-bond acceptors (Lipinski definition) is 7. The molecule has 13 heteroatoms. The Labute approximate surface area is 231 Å². The highest BCUT2D eigenvalue weighted by Crippen LogP contribution is 2.63. The van der Waals surface area contributed by atoms with E-state index in [1.54, 1.807) is 12.1 Å². The van der Waals surface area contributed by atoms with Gasteiger partial charge in [0.25, 0.3) is 5.91 Å². The summed E-state index contributed by atoms with van der Waals surface area (Å²) >= 11 is 0. The number of carbonyl (C=O) groups is 2. The van der Waals surface area contributed by atoms with Crippen molar-refractivity contribution in [3.05, 3.63) is 60.2 Å². The summed E-state index contributed by atoms with van der Waals surface area (Å²) in [6, 6.07) is 14.0. The Morgan fingerprint density at radius 3 is 2.40 bits per heavy atom. The zero-order chi connectivity index (χ0) is 29.5. The quantitative estimate of drug-likeness (QED) is 0.421. The minimum Gasteiger partial charge on any atom is -0.449 e. The van der Waals surface area contributed by atoms with E-state index in [0.29, 0.717) is 17.8 Å². The summed E-state index contributed by atoms with van der Waals surface area (Å²) in [6.45, 7) is 6.63. The summed E-state index contributed by atoms with van der Waals surface area (Å²) in [5, 5.41) is 4.50. The van der Waals surface area contributed by atoms with Crippen LogP contribution in [0.2, 0.25) is 0 Å². The molecule has 1 saturated carbocycles. The number of sulfonamides is 1. The molecule has 40 heavy (non-hydrogen) atoms. The molecule has 0 radical (unpaired) electrons. The fraction of sp³-hybridized carbons (Fsp3) is 0.444. The van der Waals surface area contributed by atoms with Crippen LogP contribution in [0.25, 0.3) is 0 Å². The van der Waals surface area contributed by atoms with Gasteiger partial charge >= 0.3 is 21.6 Å². The van der Waals surface area contributed by atoms with Crippen molar-refractivity contribution in [3.8, 4) is 0 Å². The number of carbonyl (C=O) groups excluding carboxylic acids is 2.